The minimum Gasteiger partial charge on any atom is -0.390 e. The van der Waals surface area contributed by atoms with Crippen LogP contribution in [0, 0.1) is 17.3 Å². The third-order valence-corrected chi connectivity index (χ3v) is 6.37. The first-order chi connectivity index (χ1) is 14.8. The molecule has 4 heteroatoms. The molecule has 2 aromatic carbocycles. The summed E-state index contributed by atoms with van der Waals surface area (Å²) in [5, 5.41) is 1.11. The topological polar surface area (TPSA) is 43.1 Å². The van der Waals surface area contributed by atoms with Gasteiger partial charge in [-0.05, 0) is 64.8 Å². The zero-order valence-corrected chi connectivity index (χ0v) is 21.2. The molecule has 1 aromatic heterocycles. The number of halogens is 1. The van der Waals surface area contributed by atoms with Gasteiger partial charge >= 0.3 is 0 Å². The second-order valence-electron chi connectivity index (χ2n) is 10.3. The van der Waals surface area contributed by atoms with Crippen molar-refractivity contribution in [3.05, 3.63) is 86.2 Å². The molecule has 2 nitrogen and oxygen atoms in total. The fourth-order valence-corrected chi connectivity index (χ4v) is 4.53. The standard InChI is InChI=1S/C28H30ClNOS/c1-27(2,3)17-22-23(16-9-18-7-12-20(13-8-18)28(4,5)6)32-26(30)24(22)25(31)19-10-14-21(29)15-11-19/h7-8,10-15H,17,30H2,1-6H3. The van der Waals surface area contributed by atoms with E-state index < -0.39 is 0 Å². The molecule has 3 aromatic rings. The van der Waals surface area contributed by atoms with Crippen LogP contribution in [0.15, 0.2) is 48.5 Å². The lowest BCUT2D eigenvalue weighted by atomic mass is 9.85. The molecule has 1 heterocycles. The predicted octanol–water partition coefficient (Wildman–Crippen LogP) is 7.50. The lowest BCUT2D eigenvalue weighted by Crippen LogP contribution is -2.14. The van der Waals surface area contributed by atoms with E-state index in [-0.39, 0.29) is 16.6 Å². The number of anilines is 1. The first-order valence-corrected chi connectivity index (χ1v) is 11.9. The summed E-state index contributed by atoms with van der Waals surface area (Å²) in [5.74, 6) is 6.48. The van der Waals surface area contributed by atoms with E-state index in [2.05, 4.69) is 65.5 Å². The lowest BCUT2D eigenvalue weighted by molar-refractivity contribution is 0.103. The van der Waals surface area contributed by atoms with Crippen molar-refractivity contribution < 1.29 is 4.79 Å². The van der Waals surface area contributed by atoms with Gasteiger partial charge in [0, 0.05) is 16.1 Å². The van der Waals surface area contributed by atoms with Gasteiger partial charge in [0.25, 0.3) is 0 Å². The van der Waals surface area contributed by atoms with E-state index in [0.717, 1.165) is 16.0 Å². The van der Waals surface area contributed by atoms with Crippen molar-refractivity contribution in [1.29, 1.82) is 0 Å². The van der Waals surface area contributed by atoms with Gasteiger partial charge in [0.15, 0.2) is 5.78 Å². The van der Waals surface area contributed by atoms with Crippen LogP contribution in [0.1, 0.15) is 79.0 Å². The van der Waals surface area contributed by atoms with Crippen molar-refractivity contribution in [2.45, 2.75) is 53.4 Å². The fraction of sp³-hybridized carbons (Fsp3) is 0.321. The Kier molecular flexibility index (Phi) is 6.89. The summed E-state index contributed by atoms with van der Waals surface area (Å²) in [5.41, 5.74) is 10.7. The van der Waals surface area contributed by atoms with Gasteiger partial charge in [0.1, 0.15) is 0 Å². The third-order valence-electron chi connectivity index (χ3n) is 5.15. The number of ketones is 1. The normalized spacial score (nSPS) is 11.7. The van der Waals surface area contributed by atoms with Crippen molar-refractivity contribution >= 4 is 33.7 Å². The quantitative estimate of drug-likeness (QED) is 0.322. The summed E-state index contributed by atoms with van der Waals surface area (Å²) in [7, 11) is 0. The summed E-state index contributed by atoms with van der Waals surface area (Å²) in [6.45, 7) is 13.0. The van der Waals surface area contributed by atoms with Gasteiger partial charge in [-0.1, -0.05) is 77.1 Å². The van der Waals surface area contributed by atoms with E-state index in [4.69, 9.17) is 17.3 Å². The molecule has 0 saturated heterocycles. The van der Waals surface area contributed by atoms with Crippen LogP contribution in [0.5, 0.6) is 0 Å². The molecule has 2 N–H and O–H groups in total. The molecular formula is C28H30ClNOS. The molecule has 0 radical (unpaired) electrons. The second kappa shape index (κ2) is 9.14. The first-order valence-electron chi connectivity index (χ1n) is 10.7. The largest absolute Gasteiger partial charge is 0.390 e. The summed E-state index contributed by atoms with van der Waals surface area (Å²) in [6.07, 6.45) is 0.711. The van der Waals surface area contributed by atoms with Crippen molar-refractivity contribution in [3.8, 4) is 11.8 Å². The fourth-order valence-electron chi connectivity index (χ4n) is 3.46. The van der Waals surface area contributed by atoms with Crippen LogP contribution in [0.2, 0.25) is 5.02 Å². The van der Waals surface area contributed by atoms with Gasteiger partial charge in [-0.2, -0.15) is 0 Å². The number of hydrogen-bond donors (Lipinski definition) is 1. The van der Waals surface area contributed by atoms with Crippen LogP contribution >= 0.6 is 22.9 Å². The maximum Gasteiger partial charge on any atom is 0.196 e. The Labute approximate surface area is 200 Å². The summed E-state index contributed by atoms with van der Waals surface area (Å²) >= 11 is 7.39. The van der Waals surface area contributed by atoms with Crippen LogP contribution in [0.3, 0.4) is 0 Å². The monoisotopic (exact) mass is 463 g/mol. The highest BCUT2D eigenvalue weighted by atomic mass is 35.5. The van der Waals surface area contributed by atoms with E-state index >= 15 is 0 Å². The molecule has 0 aliphatic heterocycles. The van der Waals surface area contributed by atoms with E-state index in [1.54, 1.807) is 24.3 Å². The molecule has 0 amide bonds. The molecule has 0 saturated carbocycles. The number of benzene rings is 2. The second-order valence-corrected chi connectivity index (χ2v) is 11.8. The molecule has 0 spiro atoms. The Balaban J connectivity index is 2.04. The number of rotatable bonds is 3. The van der Waals surface area contributed by atoms with Gasteiger partial charge in [0.2, 0.25) is 0 Å². The van der Waals surface area contributed by atoms with Crippen molar-refractivity contribution in [1.82, 2.24) is 0 Å². The van der Waals surface area contributed by atoms with E-state index in [0.29, 0.717) is 27.6 Å². The molecule has 32 heavy (non-hydrogen) atoms. The average molecular weight is 464 g/mol. The zero-order valence-electron chi connectivity index (χ0n) is 19.6. The van der Waals surface area contributed by atoms with Gasteiger partial charge in [-0.15, -0.1) is 11.3 Å². The first kappa shape index (κ1) is 24.1. The maximum atomic E-state index is 13.3. The Morgan fingerprint density at radius 1 is 0.938 bits per heavy atom. The predicted molar refractivity (Wildman–Crippen MR) is 138 cm³/mol. The van der Waals surface area contributed by atoms with Crippen LogP contribution in [-0.4, -0.2) is 5.78 Å². The average Bonchev–Trinajstić information content (AvgIpc) is 2.99. The lowest BCUT2D eigenvalue weighted by Gasteiger charge is -2.19. The number of carbonyl (C=O) groups is 1. The SMILES string of the molecule is CC(C)(C)Cc1c(C#Cc2ccc(C(C)(C)C)cc2)sc(N)c1C(=O)c1ccc(Cl)cc1. The summed E-state index contributed by atoms with van der Waals surface area (Å²) in [6, 6.07) is 15.3. The van der Waals surface area contributed by atoms with Crippen LogP contribution < -0.4 is 5.73 Å². The summed E-state index contributed by atoms with van der Waals surface area (Å²) < 4.78 is 0. The van der Waals surface area contributed by atoms with Gasteiger partial charge in [-0.25, -0.2) is 0 Å². The molecule has 0 unspecified atom stereocenters. The Hall–Kier alpha value is -2.54. The van der Waals surface area contributed by atoms with Crippen LogP contribution in [0.4, 0.5) is 5.00 Å². The number of thiophene rings is 1. The highest BCUT2D eigenvalue weighted by Gasteiger charge is 2.26. The molecule has 0 fully saturated rings. The number of nitrogen functional groups attached to an aromatic ring is 1. The maximum absolute atomic E-state index is 13.3. The van der Waals surface area contributed by atoms with Gasteiger partial charge in [-0.3, -0.25) is 4.79 Å². The van der Waals surface area contributed by atoms with E-state index in [1.165, 1.54) is 16.9 Å². The molecule has 0 aliphatic rings. The van der Waals surface area contributed by atoms with E-state index in [1.807, 2.05) is 12.1 Å². The number of hydrogen-bond acceptors (Lipinski definition) is 3. The van der Waals surface area contributed by atoms with Crippen molar-refractivity contribution in [3.63, 3.8) is 0 Å². The van der Waals surface area contributed by atoms with Crippen LogP contribution in [0.25, 0.3) is 0 Å². The molecule has 166 valence electrons. The van der Waals surface area contributed by atoms with Gasteiger partial charge in [0.05, 0.1) is 15.4 Å². The number of nitrogens with two attached hydrogens (primary N) is 1. The molecule has 3 rings (SSSR count). The minimum atomic E-state index is -0.0859. The van der Waals surface area contributed by atoms with Gasteiger partial charge < -0.3 is 5.73 Å². The van der Waals surface area contributed by atoms with E-state index in [9.17, 15) is 4.79 Å². The Bertz CT molecular complexity index is 1180. The Morgan fingerprint density at radius 2 is 1.53 bits per heavy atom. The summed E-state index contributed by atoms with van der Waals surface area (Å²) in [4.78, 5) is 14.2. The molecule has 0 atom stereocenters. The molecular weight excluding hydrogens is 434 g/mol. The van der Waals surface area contributed by atoms with Crippen molar-refractivity contribution in [2.75, 3.05) is 5.73 Å². The molecule has 0 bridgehead atoms. The minimum absolute atomic E-state index is 0.0205. The molecule has 0 aliphatic carbocycles. The third kappa shape index (κ3) is 5.82. The Morgan fingerprint density at radius 3 is 2.06 bits per heavy atom. The van der Waals surface area contributed by atoms with Crippen LogP contribution in [-0.2, 0) is 11.8 Å². The highest BCUT2D eigenvalue weighted by Crippen LogP contribution is 2.36. The zero-order chi connectivity index (χ0) is 23.7. The number of carbonyl (C=O) groups excluding carboxylic acids is 1. The highest BCUT2D eigenvalue weighted by molar-refractivity contribution is 7.17. The van der Waals surface area contributed by atoms with Crippen molar-refractivity contribution in [2.24, 2.45) is 5.41 Å². The smallest absolute Gasteiger partial charge is 0.196 e.